The summed E-state index contributed by atoms with van der Waals surface area (Å²) in [5.74, 6) is 1.73. The molecule has 1 fully saturated rings. The Bertz CT molecular complexity index is 411. The van der Waals surface area contributed by atoms with E-state index in [4.69, 9.17) is 17.3 Å². The van der Waals surface area contributed by atoms with E-state index < -0.39 is 0 Å². The quantitative estimate of drug-likeness (QED) is 0.886. The average Bonchev–Trinajstić information content (AvgIpc) is 2.45. The third kappa shape index (κ3) is 4.47. The van der Waals surface area contributed by atoms with Crippen LogP contribution in [0, 0.1) is 11.8 Å². The summed E-state index contributed by atoms with van der Waals surface area (Å²) in [5, 5.41) is 0.774. The lowest BCUT2D eigenvalue weighted by Gasteiger charge is -2.34. The van der Waals surface area contributed by atoms with E-state index in [1.54, 1.807) is 0 Å². The van der Waals surface area contributed by atoms with Gasteiger partial charge in [-0.2, -0.15) is 0 Å². The lowest BCUT2D eigenvalue weighted by atomic mass is 9.86. The highest BCUT2D eigenvalue weighted by atomic mass is 35.5. The Morgan fingerprint density at radius 3 is 2.60 bits per heavy atom. The van der Waals surface area contributed by atoms with Gasteiger partial charge in [0, 0.05) is 11.1 Å². The van der Waals surface area contributed by atoms with Crippen molar-refractivity contribution in [3.05, 3.63) is 34.9 Å². The van der Waals surface area contributed by atoms with E-state index in [2.05, 4.69) is 24.8 Å². The third-order valence-corrected chi connectivity index (χ3v) is 4.84. The number of hydrogen-bond acceptors (Lipinski definition) is 2. The number of nitrogens with two attached hydrogens (primary N) is 1. The fourth-order valence-corrected chi connectivity index (χ4v) is 3.27. The Balaban J connectivity index is 1.76. The van der Waals surface area contributed by atoms with Crippen molar-refractivity contribution in [2.45, 2.75) is 39.2 Å². The first kappa shape index (κ1) is 15.8. The lowest BCUT2D eigenvalue weighted by molar-refractivity contribution is 0.154. The molecular formula is C17H27ClN2. The molecule has 0 aliphatic carbocycles. The van der Waals surface area contributed by atoms with Crippen LogP contribution in [-0.4, -0.2) is 24.5 Å². The molecule has 1 aliphatic heterocycles. The first-order valence-corrected chi connectivity index (χ1v) is 8.17. The molecule has 1 aromatic carbocycles. The second kappa shape index (κ2) is 7.44. The molecule has 1 heterocycles. The minimum atomic E-state index is 0.0940. The summed E-state index contributed by atoms with van der Waals surface area (Å²) >= 11 is 6.02. The zero-order chi connectivity index (χ0) is 14.5. The standard InChI is InChI=1S/C17H27ClN2/c1-13(2)14-6-9-20(10-7-14)11-8-17(19)15-4-3-5-16(18)12-15/h3-5,12-14,17H,6-11,19H2,1-2H3. The molecule has 1 atom stereocenters. The van der Waals surface area contributed by atoms with E-state index >= 15 is 0 Å². The number of hydrogen-bond donors (Lipinski definition) is 1. The molecule has 2 N–H and O–H groups in total. The van der Waals surface area contributed by atoms with Crippen molar-refractivity contribution >= 4 is 11.6 Å². The van der Waals surface area contributed by atoms with Crippen LogP contribution in [0.15, 0.2) is 24.3 Å². The van der Waals surface area contributed by atoms with Crippen molar-refractivity contribution in [2.75, 3.05) is 19.6 Å². The van der Waals surface area contributed by atoms with Crippen LogP contribution in [0.25, 0.3) is 0 Å². The van der Waals surface area contributed by atoms with Crippen molar-refractivity contribution in [1.82, 2.24) is 4.90 Å². The summed E-state index contributed by atoms with van der Waals surface area (Å²) in [6.07, 6.45) is 3.68. The second-order valence-corrected chi connectivity index (χ2v) is 6.81. The number of nitrogens with zero attached hydrogens (tertiary/aromatic N) is 1. The minimum Gasteiger partial charge on any atom is -0.324 e. The predicted octanol–water partition coefficient (Wildman–Crippen LogP) is 4.10. The van der Waals surface area contributed by atoms with Gasteiger partial charge < -0.3 is 10.6 Å². The number of rotatable bonds is 5. The van der Waals surface area contributed by atoms with E-state index in [-0.39, 0.29) is 6.04 Å². The maximum Gasteiger partial charge on any atom is 0.0409 e. The molecule has 0 spiro atoms. The van der Waals surface area contributed by atoms with E-state index in [9.17, 15) is 0 Å². The maximum atomic E-state index is 6.27. The van der Waals surface area contributed by atoms with Gasteiger partial charge in [-0.1, -0.05) is 37.6 Å². The Morgan fingerprint density at radius 1 is 1.30 bits per heavy atom. The van der Waals surface area contributed by atoms with Crippen LogP contribution in [0.3, 0.4) is 0 Å². The predicted molar refractivity (Wildman–Crippen MR) is 87.0 cm³/mol. The van der Waals surface area contributed by atoms with Crippen LogP contribution in [0.5, 0.6) is 0 Å². The molecule has 1 unspecified atom stereocenters. The molecule has 1 saturated heterocycles. The number of piperidine rings is 1. The summed E-state index contributed by atoms with van der Waals surface area (Å²) in [4.78, 5) is 2.56. The minimum absolute atomic E-state index is 0.0940. The van der Waals surface area contributed by atoms with E-state index in [0.717, 1.165) is 35.4 Å². The summed E-state index contributed by atoms with van der Waals surface area (Å²) in [6, 6.07) is 8.02. The molecule has 20 heavy (non-hydrogen) atoms. The van der Waals surface area contributed by atoms with Crippen molar-refractivity contribution in [1.29, 1.82) is 0 Å². The van der Waals surface area contributed by atoms with Crippen LogP contribution < -0.4 is 5.73 Å². The van der Waals surface area contributed by atoms with Crippen LogP contribution in [-0.2, 0) is 0 Å². The Kier molecular flexibility index (Phi) is 5.88. The monoisotopic (exact) mass is 294 g/mol. The molecule has 0 aromatic heterocycles. The van der Waals surface area contributed by atoms with Gasteiger partial charge in [-0.15, -0.1) is 0 Å². The highest BCUT2D eigenvalue weighted by molar-refractivity contribution is 6.30. The molecule has 1 aliphatic rings. The van der Waals surface area contributed by atoms with Crippen molar-refractivity contribution in [2.24, 2.45) is 17.6 Å². The van der Waals surface area contributed by atoms with Gasteiger partial charge in [-0.3, -0.25) is 0 Å². The van der Waals surface area contributed by atoms with Gasteiger partial charge in [0.15, 0.2) is 0 Å². The van der Waals surface area contributed by atoms with Crippen molar-refractivity contribution < 1.29 is 0 Å². The summed E-state index contributed by atoms with van der Waals surface area (Å²) in [5.41, 5.74) is 7.42. The van der Waals surface area contributed by atoms with Gasteiger partial charge in [-0.05, 0) is 68.4 Å². The molecular weight excluding hydrogens is 268 g/mol. The smallest absolute Gasteiger partial charge is 0.0409 e. The number of benzene rings is 1. The van der Waals surface area contributed by atoms with Gasteiger partial charge in [0.25, 0.3) is 0 Å². The number of likely N-dealkylation sites (tertiary alicyclic amines) is 1. The van der Waals surface area contributed by atoms with E-state index in [0.29, 0.717) is 0 Å². The molecule has 0 bridgehead atoms. The molecule has 0 radical (unpaired) electrons. The third-order valence-electron chi connectivity index (χ3n) is 4.61. The van der Waals surface area contributed by atoms with E-state index in [1.807, 2.05) is 18.2 Å². The van der Waals surface area contributed by atoms with Crippen LogP contribution in [0.2, 0.25) is 5.02 Å². The SMILES string of the molecule is CC(C)C1CCN(CCC(N)c2cccc(Cl)c2)CC1. The Hall–Kier alpha value is -0.570. The maximum absolute atomic E-state index is 6.27. The van der Waals surface area contributed by atoms with Gasteiger partial charge in [0.1, 0.15) is 0 Å². The highest BCUT2D eigenvalue weighted by Gasteiger charge is 2.21. The van der Waals surface area contributed by atoms with Crippen molar-refractivity contribution in [3.63, 3.8) is 0 Å². The fourth-order valence-electron chi connectivity index (χ4n) is 3.07. The Labute approximate surface area is 128 Å². The zero-order valence-electron chi connectivity index (χ0n) is 12.7. The molecule has 0 saturated carbocycles. The zero-order valence-corrected chi connectivity index (χ0v) is 13.4. The number of halogens is 1. The van der Waals surface area contributed by atoms with Crippen molar-refractivity contribution in [3.8, 4) is 0 Å². The average molecular weight is 295 g/mol. The lowest BCUT2D eigenvalue weighted by Crippen LogP contribution is -2.36. The summed E-state index contributed by atoms with van der Waals surface area (Å²) < 4.78 is 0. The molecule has 3 heteroatoms. The first-order chi connectivity index (χ1) is 9.56. The Morgan fingerprint density at radius 2 is 2.00 bits per heavy atom. The van der Waals surface area contributed by atoms with Crippen LogP contribution in [0.1, 0.15) is 44.7 Å². The van der Waals surface area contributed by atoms with Gasteiger partial charge in [0.2, 0.25) is 0 Å². The van der Waals surface area contributed by atoms with Gasteiger partial charge in [-0.25, -0.2) is 0 Å². The molecule has 1 aromatic rings. The first-order valence-electron chi connectivity index (χ1n) is 7.79. The molecule has 2 nitrogen and oxygen atoms in total. The largest absolute Gasteiger partial charge is 0.324 e. The highest BCUT2D eigenvalue weighted by Crippen LogP contribution is 2.25. The normalized spacial score (nSPS) is 19.4. The molecule has 2 rings (SSSR count). The van der Waals surface area contributed by atoms with Gasteiger partial charge in [0.05, 0.1) is 0 Å². The van der Waals surface area contributed by atoms with Crippen LogP contribution >= 0.6 is 11.6 Å². The second-order valence-electron chi connectivity index (χ2n) is 6.37. The van der Waals surface area contributed by atoms with Crippen LogP contribution in [0.4, 0.5) is 0 Å². The van der Waals surface area contributed by atoms with E-state index in [1.165, 1.54) is 25.9 Å². The molecule has 0 amide bonds. The topological polar surface area (TPSA) is 29.3 Å². The summed E-state index contributed by atoms with van der Waals surface area (Å²) in [6.45, 7) is 8.24. The summed E-state index contributed by atoms with van der Waals surface area (Å²) in [7, 11) is 0. The fraction of sp³-hybridized carbons (Fsp3) is 0.647. The molecule has 112 valence electrons. The van der Waals surface area contributed by atoms with Gasteiger partial charge >= 0.3 is 0 Å².